The molecule has 4 heteroatoms. The highest BCUT2D eigenvalue weighted by Gasteiger charge is 1.98. The number of aliphatic hydroxyl groups is 1. The Morgan fingerprint density at radius 3 is 3.10 bits per heavy atom. The molecule has 0 bridgehead atoms. The quantitative estimate of drug-likeness (QED) is 0.716. The third-order valence-electron chi connectivity index (χ3n) is 0.956. The fraction of sp³-hybridized carbons (Fsp3) is 0.500. The number of aliphatic hydroxyl groups excluding tert-OH is 1. The maximum Gasteiger partial charge on any atom is 0.273 e. The van der Waals surface area contributed by atoms with Crippen LogP contribution in [0.5, 0.6) is 5.19 Å². The molecule has 0 atom stereocenters. The first kappa shape index (κ1) is 7.50. The summed E-state index contributed by atoms with van der Waals surface area (Å²) in [6, 6.07) is 0. The van der Waals surface area contributed by atoms with E-state index in [1.165, 1.54) is 11.3 Å². The van der Waals surface area contributed by atoms with Gasteiger partial charge in [-0.25, -0.2) is 4.98 Å². The minimum atomic E-state index is 0.0464. The van der Waals surface area contributed by atoms with Crippen molar-refractivity contribution in [2.75, 3.05) is 6.61 Å². The minimum Gasteiger partial charge on any atom is -0.470 e. The summed E-state index contributed by atoms with van der Waals surface area (Å²) in [4.78, 5) is 4.75. The maximum atomic E-state index is 8.63. The zero-order valence-electron chi connectivity index (χ0n) is 5.70. The van der Waals surface area contributed by atoms with Gasteiger partial charge in [-0.3, -0.25) is 0 Å². The molecule has 1 aromatic heterocycles. The van der Waals surface area contributed by atoms with E-state index in [2.05, 4.69) is 4.98 Å². The molecule has 0 fully saturated rings. The van der Waals surface area contributed by atoms with Gasteiger partial charge in [-0.1, -0.05) is 11.3 Å². The van der Waals surface area contributed by atoms with E-state index >= 15 is 0 Å². The highest BCUT2D eigenvalue weighted by molar-refractivity contribution is 7.13. The normalized spacial score (nSPS) is 9.80. The number of nitrogens with zero attached hydrogens (tertiary/aromatic N) is 1. The summed E-state index contributed by atoms with van der Waals surface area (Å²) in [6.45, 7) is 2.57. The van der Waals surface area contributed by atoms with Gasteiger partial charge in [-0.05, 0) is 6.92 Å². The number of hydrogen-bond donors (Lipinski definition) is 1. The number of rotatable bonds is 3. The highest BCUT2D eigenvalue weighted by atomic mass is 32.1. The summed E-state index contributed by atoms with van der Waals surface area (Å²) >= 11 is 1.37. The zero-order chi connectivity index (χ0) is 7.40. The van der Waals surface area contributed by atoms with Gasteiger partial charge in [-0.15, -0.1) is 0 Å². The molecule has 0 aliphatic carbocycles. The Kier molecular flexibility index (Phi) is 2.65. The lowest BCUT2D eigenvalue weighted by molar-refractivity contribution is 0.285. The second-order valence-corrected chi connectivity index (χ2v) is 2.76. The van der Waals surface area contributed by atoms with Gasteiger partial charge in [0, 0.05) is 6.20 Å². The van der Waals surface area contributed by atoms with Crippen molar-refractivity contribution in [3.8, 4) is 5.19 Å². The Balaban J connectivity index is 2.59. The van der Waals surface area contributed by atoms with Crippen molar-refractivity contribution in [3.63, 3.8) is 0 Å². The second-order valence-electron chi connectivity index (χ2n) is 1.68. The van der Waals surface area contributed by atoms with Crippen molar-refractivity contribution >= 4 is 11.3 Å². The van der Waals surface area contributed by atoms with Crippen LogP contribution in [0, 0.1) is 0 Å². The van der Waals surface area contributed by atoms with Gasteiger partial charge < -0.3 is 9.84 Å². The molecule has 0 unspecified atom stereocenters. The molecule has 56 valence electrons. The van der Waals surface area contributed by atoms with Gasteiger partial charge in [0.05, 0.1) is 18.1 Å². The molecule has 1 heterocycles. The van der Waals surface area contributed by atoms with E-state index in [-0.39, 0.29) is 6.61 Å². The smallest absolute Gasteiger partial charge is 0.273 e. The fourth-order valence-electron chi connectivity index (χ4n) is 0.553. The van der Waals surface area contributed by atoms with Crippen LogP contribution in [0.15, 0.2) is 6.20 Å². The van der Waals surface area contributed by atoms with Crippen molar-refractivity contribution < 1.29 is 9.84 Å². The fourth-order valence-corrected chi connectivity index (χ4v) is 1.23. The van der Waals surface area contributed by atoms with Crippen LogP contribution in [0.25, 0.3) is 0 Å². The SMILES string of the molecule is CCOc1ncc(CO)s1. The van der Waals surface area contributed by atoms with Crippen LogP contribution in [-0.4, -0.2) is 16.7 Å². The van der Waals surface area contributed by atoms with Gasteiger partial charge in [0.15, 0.2) is 0 Å². The van der Waals surface area contributed by atoms with Gasteiger partial charge in [-0.2, -0.15) is 0 Å². The summed E-state index contributed by atoms with van der Waals surface area (Å²) < 4.78 is 5.08. The van der Waals surface area contributed by atoms with E-state index in [1.54, 1.807) is 6.20 Å². The third-order valence-corrected chi connectivity index (χ3v) is 1.85. The Bertz CT molecular complexity index is 199. The van der Waals surface area contributed by atoms with E-state index in [0.29, 0.717) is 11.8 Å². The Morgan fingerprint density at radius 2 is 2.60 bits per heavy atom. The predicted molar refractivity (Wildman–Crippen MR) is 39.2 cm³/mol. The van der Waals surface area contributed by atoms with E-state index in [0.717, 1.165) is 4.88 Å². The van der Waals surface area contributed by atoms with E-state index in [1.807, 2.05) is 6.92 Å². The second kappa shape index (κ2) is 3.53. The van der Waals surface area contributed by atoms with Gasteiger partial charge in [0.25, 0.3) is 5.19 Å². The lowest BCUT2D eigenvalue weighted by atomic mass is 10.6. The van der Waals surface area contributed by atoms with Crippen molar-refractivity contribution in [2.24, 2.45) is 0 Å². The van der Waals surface area contributed by atoms with Crippen molar-refractivity contribution in [1.29, 1.82) is 0 Å². The van der Waals surface area contributed by atoms with Crippen LogP contribution in [0.3, 0.4) is 0 Å². The minimum absolute atomic E-state index is 0.0464. The van der Waals surface area contributed by atoms with E-state index in [4.69, 9.17) is 9.84 Å². The molecule has 0 aromatic carbocycles. The van der Waals surface area contributed by atoms with E-state index in [9.17, 15) is 0 Å². The molecule has 3 nitrogen and oxygen atoms in total. The summed E-state index contributed by atoms with van der Waals surface area (Å²) in [5.41, 5.74) is 0. The summed E-state index contributed by atoms with van der Waals surface area (Å²) in [7, 11) is 0. The highest BCUT2D eigenvalue weighted by Crippen LogP contribution is 2.19. The topological polar surface area (TPSA) is 42.4 Å². The molecular formula is C6H9NO2S. The molecule has 0 aliphatic heterocycles. The molecule has 0 saturated carbocycles. The lowest BCUT2D eigenvalue weighted by Crippen LogP contribution is -1.88. The average molecular weight is 159 g/mol. The van der Waals surface area contributed by atoms with Crippen molar-refractivity contribution in [2.45, 2.75) is 13.5 Å². The van der Waals surface area contributed by atoms with Gasteiger partial charge in [0.2, 0.25) is 0 Å². The third kappa shape index (κ3) is 1.68. The summed E-state index contributed by atoms with van der Waals surface area (Å²) in [5.74, 6) is 0. The molecule has 1 rings (SSSR count). The molecule has 10 heavy (non-hydrogen) atoms. The summed E-state index contributed by atoms with van der Waals surface area (Å²) in [5, 5.41) is 9.27. The average Bonchev–Trinajstić information content (AvgIpc) is 2.37. The Labute approximate surface area is 63.3 Å². The number of ether oxygens (including phenoxy) is 1. The van der Waals surface area contributed by atoms with Crippen LogP contribution >= 0.6 is 11.3 Å². The first-order valence-electron chi connectivity index (χ1n) is 3.05. The molecule has 0 aliphatic rings. The van der Waals surface area contributed by atoms with Crippen LogP contribution in [0.4, 0.5) is 0 Å². The molecule has 0 spiro atoms. The monoisotopic (exact) mass is 159 g/mol. The molecule has 0 amide bonds. The molecule has 1 aromatic rings. The Hall–Kier alpha value is -0.610. The zero-order valence-corrected chi connectivity index (χ0v) is 6.52. The van der Waals surface area contributed by atoms with Crippen LogP contribution < -0.4 is 4.74 Å². The maximum absolute atomic E-state index is 8.63. The van der Waals surface area contributed by atoms with Crippen LogP contribution in [0.2, 0.25) is 0 Å². The van der Waals surface area contributed by atoms with Gasteiger partial charge in [0.1, 0.15) is 0 Å². The first-order valence-corrected chi connectivity index (χ1v) is 3.86. The molecule has 0 radical (unpaired) electrons. The van der Waals surface area contributed by atoms with Crippen molar-refractivity contribution in [3.05, 3.63) is 11.1 Å². The molecule has 0 saturated heterocycles. The van der Waals surface area contributed by atoms with E-state index < -0.39 is 0 Å². The molecule has 1 N–H and O–H groups in total. The summed E-state index contributed by atoms with van der Waals surface area (Å²) in [6.07, 6.45) is 1.62. The predicted octanol–water partition coefficient (Wildman–Crippen LogP) is 1.03. The van der Waals surface area contributed by atoms with Crippen molar-refractivity contribution in [1.82, 2.24) is 4.98 Å². The van der Waals surface area contributed by atoms with Crippen LogP contribution in [0.1, 0.15) is 11.8 Å². The number of thiazole rings is 1. The standard InChI is InChI=1S/C6H9NO2S/c1-2-9-6-7-3-5(4-8)10-6/h3,8H,2,4H2,1H3. The lowest BCUT2D eigenvalue weighted by Gasteiger charge is -1.92. The number of hydrogen-bond acceptors (Lipinski definition) is 4. The van der Waals surface area contributed by atoms with Gasteiger partial charge >= 0.3 is 0 Å². The number of aromatic nitrogens is 1. The largest absolute Gasteiger partial charge is 0.470 e. The molecular weight excluding hydrogens is 150 g/mol. The first-order chi connectivity index (χ1) is 4.86. The Morgan fingerprint density at radius 1 is 1.80 bits per heavy atom. The van der Waals surface area contributed by atoms with Crippen LogP contribution in [-0.2, 0) is 6.61 Å².